The SMILES string of the molecule is Cc1ccccc1OCCNC(=O)C1CCN(S(=O)(=O)c2cc(F)ccc2F)CC1. The van der Waals surface area contributed by atoms with Gasteiger partial charge in [0, 0.05) is 19.0 Å². The molecule has 6 nitrogen and oxygen atoms in total. The molecule has 9 heteroatoms. The summed E-state index contributed by atoms with van der Waals surface area (Å²) in [6.45, 7) is 2.72. The quantitative estimate of drug-likeness (QED) is 0.675. The fourth-order valence-electron chi connectivity index (χ4n) is 3.37. The van der Waals surface area contributed by atoms with E-state index in [1.807, 2.05) is 31.2 Å². The lowest BCUT2D eigenvalue weighted by molar-refractivity contribution is -0.126. The molecule has 1 N–H and O–H groups in total. The van der Waals surface area contributed by atoms with Crippen molar-refractivity contribution in [2.75, 3.05) is 26.2 Å². The number of amides is 1. The summed E-state index contributed by atoms with van der Waals surface area (Å²) in [4.78, 5) is 11.7. The molecule has 3 rings (SSSR count). The standard InChI is InChI=1S/C21H24F2N2O4S/c1-15-4-2-3-5-19(15)29-13-10-24-21(26)16-8-11-25(12-9-16)30(27,28)20-14-17(22)6-7-18(20)23/h2-7,14,16H,8-13H2,1H3,(H,24,26). The van der Waals surface area contributed by atoms with E-state index in [9.17, 15) is 22.0 Å². The van der Waals surface area contributed by atoms with Crippen LogP contribution in [0.5, 0.6) is 5.75 Å². The third-order valence-corrected chi connectivity index (χ3v) is 7.00. The van der Waals surface area contributed by atoms with Gasteiger partial charge in [-0.15, -0.1) is 0 Å². The van der Waals surface area contributed by atoms with Crippen LogP contribution in [0.2, 0.25) is 0 Å². The van der Waals surface area contributed by atoms with Crippen molar-refractivity contribution in [2.45, 2.75) is 24.7 Å². The summed E-state index contributed by atoms with van der Waals surface area (Å²) in [7, 11) is -4.15. The number of hydrogen-bond donors (Lipinski definition) is 1. The van der Waals surface area contributed by atoms with E-state index in [1.165, 1.54) is 0 Å². The largest absolute Gasteiger partial charge is 0.491 e. The van der Waals surface area contributed by atoms with E-state index in [4.69, 9.17) is 4.74 Å². The molecule has 1 aliphatic rings. The Hall–Kier alpha value is -2.52. The first kappa shape index (κ1) is 22.2. The van der Waals surface area contributed by atoms with Crippen LogP contribution < -0.4 is 10.1 Å². The minimum Gasteiger partial charge on any atom is -0.491 e. The van der Waals surface area contributed by atoms with Crippen molar-refractivity contribution in [3.8, 4) is 5.75 Å². The van der Waals surface area contributed by atoms with Gasteiger partial charge in [0.05, 0.1) is 6.54 Å². The summed E-state index contributed by atoms with van der Waals surface area (Å²) in [5.74, 6) is -1.57. The normalized spacial score (nSPS) is 15.7. The molecule has 2 aromatic rings. The molecule has 0 unspecified atom stereocenters. The minimum atomic E-state index is -4.15. The molecule has 1 aliphatic heterocycles. The number of nitrogens with one attached hydrogen (secondary N) is 1. The van der Waals surface area contributed by atoms with Gasteiger partial charge in [0.1, 0.15) is 28.9 Å². The first-order chi connectivity index (χ1) is 14.3. The highest BCUT2D eigenvalue weighted by Crippen LogP contribution is 2.26. The number of rotatable bonds is 7. The molecule has 30 heavy (non-hydrogen) atoms. The lowest BCUT2D eigenvalue weighted by atomic mass is 9.97. The van der Waals surface area contributed by atoms with Gasteiger partial charge in [0.15, 0.2) is 0 Å². The number of piperidine rings is 1. The van der Waals surface area contributed by atoms with E-state index in [0.29, 0.717) is 32.1 Å². The maximum absolute atomic E-state index is 13.9. The van der Waals surface area contributed by atoms with Gasteiger partial charge in [-0.3, -0.25) is 4.79 Å². The maximum atomic E-state index is 13.9. The summed E-state index contributed by atoms with van der Waals surface area (Å²) < 4.78 is 59.2. The number of para-hydroxylation sites is 1. The van der Waals surface area contributed by atoms with Crippen LogP contribution in [0, 0.1) is 24.5 Å². The molecule has 1 heterocycles. The Morgan fingerprint density at radius 2 is 1.87 bits per heavy atom. The second-order valence-electron chi connectivity index (χ2n) is 7.16. The Balaban J connectivity index is 1.48. The van der Waals surface area contributed by atoms with Gasteiger partial charge < -0.3 is 10.1 Å². The van der Waals surface area contributed by atoms with Crippen molar-refractivity contribution in [3.63, 3.8) is 0 Å². The third-order valence-electron chi connectivity index (χ3n) is 5.09. The summed E-state index contributed by atoms with van der Waals surface area (Å²) >= 11 is 0. The van der Waals surface area contributed by atoms with Crippen molar-refractivity contribution >= 4 is 15.9 Å². The van der Waals surface area contributed by atoms with Crippen LogP contribution in [0.1, 0.15) is 18.4 Å². The lowest BCUT2D eigenvalue weighted by Crippen LogP contribution is -2.43. The average Bonchev–Trinajstić information content (AvgIpc) is 2.74. The van der Waals surface area contributed by atoms with Crippen molar-refractivity contribution in [2.24, 2.45) is 5.92 Å². The average molecular weight is 438 g/mol. The molecule has 1 amide bonds. The Kier molecular flexibility index (Phi) is 7.04. The Bertz CT molecular complexity index is 1010. The highest BCUT2D eigenvalue weighted by Gasteiger charge is 2.33. The van der Waals surface area contributed by atoms with Crippen LogP contribution in [0.3, 0.4) is 0 Å². The second-order valence-corrected chi connectivity index (χ2v) is 9.06. The number of halogens is 2. The van der Waals surface area contributed by atoms with Gasteiger partial charge in [-0.25, -0.2) is 17.2 Å². The molecule has 0 radical (unpaired) electrons. The molecule has 0 bridgehead atoms. The molecular weight excluding hydrogens is 414 g/mol. The Labute approximate surface area is 174 Å². The van der Waals surface area contributed by atoms with Crippen LogP contribution >= 0.6 is 0 Å². The molecule has 2 aromatic carbocycles. The van der Waals surface area contributed by atoms with Crippen LogP contribution in [-0.4, -0.2) is 44.9 Å². The molecule has 1 saturated heterocycles. The molecule has 0 aromatic heterocycles. The smallest absolute Gasteiger partial charge is 0.246 e. The number of hydrogen-bond acceptors (Lipinski definition) is 4. The van der Waals surface area contributed by atoms with Gasteiger partial charge in [-0.05, 0) is 49.6 Å². The fourth-order valence-corrected chi connectivity index (χ4v) is 4.92. The van der Waals surface area contributed by atoms with Crippen LogP contribution in [0.4, 0.5) is 8.78 Å². The summed E-state index contributed by atoms with van der Waals surface area (Å²) in [6, 6.07) is 9.92. The third kappa shape index (κ3) is 5.14. The number of carbonyl (C=O) groups is 1. The van der Waals surface area contributed by atoms with E-state index < -0.39 is 26.6 Å². The zero-order chi connectivity index (χ0) is 21.7. The molecule has 0 spiro atoms. The summed E-state index contributed by atoms with van der Waals surface area (Å²) in [5.41, 5.74) is 1.01. The Morgan fingerprint density at radius 3 is 2.57 bits per heavy atom. The number of sulfonamides is 1. The van der Waals surface area contributed by atoms with E-state index in [2.05, 4.69) is 5.32 Å². The lowest BCUT2D eigenvalue weighted by Gasteiger charge is -2.30. The van der Waals surface area contributed by atoms with E-state index in [-0.39, 0.29) is 24.9 Å². The van der Waals surface area contributed by atoms with Crippen molar-refractivity contribution < 1.29 is 26.7 Å². The topological polar surface area (TPSA) is 75.7 Å². The maximum Gasteiger partial charge on any atom is 0.246 e. The highest BCUT2D eigenvalue weighted by molar-refractivity contribution is 7.89. The number of ether oxygens (including phenoxy) is 1. The second kappa shape index (κ2) is 9.53. The minimum absolute atomic E-state index is 0.0656. The zero-order valence-electron chi connectivity index (χ0n) is 16.6. The van der Waals surface area contributed by atoms with E-state index in [1.54, 1.807) is 0 Å². The molecule has 0 aliphatic carbocycles. The molecule has 0 saturated carbocycles. The van der Waals surface area contributed by atoms with Gasteiger partial charge in [-0.1, -0.05) is 18.2 Å². The van der Waals surface area contributed by atoms with Crippen LogP contribution in [0.15, 0.2) is 47.4 Å². The number of nitrogens with zero attached hydrogens (tertiary/aromatic N) is 1. The Morgan fingerprint density at radius 1 is 1.17 bits per heavy atom. The zero-order valence-corrected chi connectivity index (χ0v) is 17.4. The molecule has 0 atom stereocenters. The van der Waals surface area contributed by atoms with Gasteiger partial charge in [0.25, 0.3) is 0 Å². The van der Waals surface area contributed by atoms with Crippen molar-refractivity contribution in [1.82, 2.24) is 9.62 Å². The van der Waals surface area contributed by atoms with E-state index in [0.717, 1.165) is 27.8 Å². The van der Waals surface area contributed by atoms with Crippen LogP contribution in [-0.2, 0) is 14.8 Å². The van der Waals surface area contributed by atoms with E-state index >= 15 is 0 Å². The molecule has 1 fully saturated rings. The van der Waals surface area contributed by atoms with Crippen LogP contribution in [0.25, 0.3) is 0 Å². The number of carbonyl (C=O) groups excluding carboxylic acids is 1. The van der Waals surface area contributed by atoms with Crippen molar-refractivity contribution in [1.29, 1.82) is 0 Å². The number of benzene rings is 2. The predicted molar refractivity (Wildman–Crippen MR) is 108 cm³/mol. The first-order valence-electron chi connectivity index (χ1n) is 9.70. The van der Waals surface area contributed by atoms with Gasteiger partial charge >= 0.3 is 0 Å². The van der Waals surface area contributed by atoms with Gasteiger partial charge in [0.2, 0.25) is 15.9 Å². The first-order valence-corrected chi connectivity index (χ1v) is 11.1. The number of aryl methyl sites for hydroxylation is 1. The molecule has 162 valence electrons. The molecular formula is C21H24F2N2O4S. The monoisotopic (exact) mass is 438 g/mol. The summed E-state index contributed by atoms with van der Waals surface area (Å²) in [6.07, 6.45) is 0.612. The highest BCUT2D eigenvalue weighted by atomic mass is 32.2. The predicted octanol–water partition coefficient (Wildman–Crippen LogP) is 2.87. The van der Waals surface area contributed by atoms with Crippen molar-refractivity contribution in [3.05, 3.63) is 59.7 Å². The van der Waals surface area contributed by atoms with Gasteiger partial charge in [-0.2, -0.15) is 4.31 Å². The summed E-state index contributed by atoms with van der Waals surface area (Å²) in [5, 5.41) is 2.80. The fraction of sp³-hybridized carbons (Fsp3) is 0.381.